The third-order valence-corrected chi connectivity index (χ3v) is 21.3. The molecule has 4 N–H and O–H groups in total. The second-order valence-electron chi connectivity index (χ2n) is 35.3. The number of nitrogens with one attached hydrogen (secondary N) is 1. The number of nitrogens with zero attached hydrogens (tertiary/aromatic N) is 7. The maximum Gasteiger partial charge on any atom is 0.250 e. The zero-order chi connectivity index (χ0) is 96.3. The van der Waals surface area contributed by atoms with Gasteiger partial charge in [0.15, 0.2) is 0 Å². The van der Waals surface area contributed by atoms with Gasteiger partial charge in [0.25, 0.3) is 5.56 Å². The largest absolute Gasteiger partial charge is 0.508 e. The summed E-state index contributed by atoms with van der Waals surface area (Å²) in [5, 5.41) is 12.1. The molecule has 133 heavy (non-hydrogen) atoms. The number of likely N-dealkylation sites (tertiary alicyclic amines) is 1. The highest BCUT2D eigenvalue weighted by Crippen LogP contribution is 2.24. The third-order valence-electron chi connectivity index (χ3n) is 21.3. The van der Waals surface area contributed by atoms with Crippen LogP contribution in [0.2, 0.25) is 0 Å². The summed E-state index contributed by atoms with van der Waals surface area (Å²) in [4.78, 5) is 27.4. The van der Waals surface area contributed by atoms with Crippen molar-refractivity contribution in [1.29, 1.82) is 0 Å². The van der Waals surface area contributed by atoms with Crippen molar-refractivity contribution in [3.63, 3.8) is 0 Å². The van der Waals surface area contributed by atoms with Crippen molar-refractivity contribution in [3.8, 4) is 46.1 Å². The minimum atomic E-state index is 0.101. The van der Waals surface area contributed by atoms with Crippen molar-refractivity contribution >= 4 is 17.1 Å². The molecule has 0 radical (unpaired) electrons. The van der Waals surface area contributed by atoms with E-state index in [2.05, 4.69) is 215 Å². The van der Waals surface area contributed by atoms with E-state index in [-0.39, 0.29) is 11.7 Å². The molecular weight excluding hydrogens is 1650 g/mol. The number of phenols is 1. The Morgan fingerprint density at radius 1 is 0.406 bits per heavy atom. The number of aromatic nitrogens is 2. The maximum absolute atomic E-state index is 11.3. The van der Waals surface area contributed by atoms with E-state index in [1.807, 2.05) is 205 Å². The van der Waals surface area contributed by atoms with Crippen LogP contribution in [-0.2, 0) is 11.3 Å². The Morgan fingerprint density at radius 2 is 0.797 bits per heavy atom. The molecule has 18 nitrogen and oxygen atoms in total. The Labute approximate surface area is 799 Å². The molecule has 10 aromatic carbocycles. The van der Waals surface area contributed by atoms with Crippen LogP contribution in [0.1, 0.15) is 122 Å². The monoisotopic (exact) mass is 1810 g/mol. The number of nitrogens with two attached hydrogens (primary N) is 1. The summed E-state index contributed by atoms with van der Waals surface area (Å²) in [5.41, 5.74) is 22.7. The van der Waals surface area contributed by atoms with Gasteiger partial charge in [0, 0.05) is 127 Å². The van der Waals surface area contributed by atoms with Gasteiger partial charge in [-0.3, -0.25) is 14.6 Å². The Balaban J connectivity index is 0.000000226. The van der Waals surface area contributed by atoms with Gasteiger partial charge in [0.05, 0.1) is 33.0 Å². The van der Waals surface area contributed by atoms with Crippen LogP contribution < -0.4 is 54.8 Å². The van der Waals surface area contributed by atoms with E-state index in [1.54, 1.807) is 36.1 Å². The zero-order valence-electron chi connectivity index (χ0n) is 83.6. The normalized spacial score (nSPS) is 13.3. The fraction of sp³-hybridized carbons (Fsp3) is 0.391. The van der Waals surface area contributed by atoms with Gasteiger partial charge >= 0.3 is 0 Å². The minimum Gasteiger partial charge on any atom is -0.508 e. The summed E-state index contributed by atoms with van der Waals surface area (Å²) in [5.74, 6) is 7.72. The second-order valence-corrected chi connectivity index (χ2v) is 35.3. The molecule has 6 heterocycles. The van der Waals surface area contributed by atoms with Gasteiger partial charge in [-0.05, 0) is 273 Å². The highest BCUT2D eigenvalue weighted by Gasteiger charge is 2.16. The molecule has 0 bridgehead atoms. The lowest BCUT2D eigenvalue weighted by Gasteiger charge is -2.34. The topological polar surface area (TPSA) is 174 Å². The van der Waals surface area contributed by atoms with E-state index in [4.69, 9.17) is 44.0 Å². The Hall–Kier alpha value is -11.9. The van der Waals surface area contributed by atoms with E-state index >= 15 is 0 Å². The quantitative estimate of drug-likeness (QED) is 0.0614. The fourth-order valence-corrected chi connectivity index (χ4v) is 13.2. The van der Waals surface area contributed by atoms with Gasteiger partial charge in [-0.1, -0.05) is 218 Å². The summed E-state index contributed by atoms with van der Waals surface area (Å²) in [6.45, 7) is 55.7. The van der Waals surface area contributed by atoms with Crippen LogP contribution in [0, 0.1) is 88.0 Å². The lowest BCUT2D eigenvalue weighted by atomic mass is 10.1. The number of likely N-dealkylation sites (N-methyl/N-ethyl adjacent to an activating group) is 1. The molecule has 0 amide bonds. The van der Waals surface area contributed by atoms with Crippen molar-refractivity contribution < 1.29 is 38.3 Å². The number of aromatic hydroxyl groups is 1. The Morgan fingerprint density at radius 3 is 1.20 bits per heavy atom. The number of ether oxygens (including phenoxy) is 7. The van der Waals surface area contributed by atoms with Crippen LogP contribution in [0.3, 0.4) is 0 Å². The smallest absolute Gasteiger partial charge is 0.250 e. The molecule has 0 saturated carbocycles. The van der Waals surface area contributed by atoms with Crippen LogP contribution in [0.5, 0.6) is 46.1 Å². The third kappa shape index (κ3) is 50.5. The van der Waals surface area contributed by atoms with E-state index in [1.165, 1.54) is 107 Å². The van der Waals surface area contributed by atoms with Gasteiger partial charge in [0.2, 0.25) is 5.88 Å². The number of phenolic OH excluding ortho intramolecular Hbond substituents is 1. The first-order valence-electron chi connectivity index (χ1n) is 47.4. The number of methoxy groups -OCH3 is 1. The number of rotatable bonds is 20. The minimum absolute atomic E-state index is 0.101. The van der Waals surface area contributed by atoms with Crippen LogP contribution in [0.25, 0.3) is 0 Å². The number of morpholine rings is 1. The average molecular weight is 1810 g/mol. The number of nitrogen functional groups attached to an aromatic ring is 1. The van der Waals surface area contributed by atoms with Crippen molar-refractivity contribution in [2.45, 2.75) is 150 Å². The predicted octanol–water partition coefficient (Wildman–Crippen LogP) is 23.8. The number of hydrogen-bond acceptors (Lipinski definition) is 17. The SMILES string of the molecule is COc1ccc(C)cn1.Cc1ccc(N)cc1.Cc1ccc(N2CCN(C)CC2)cc1.Cc1ccc(N2CCNCC2)cc1.Cc1ccc(O)cc1.Cc1ccc(OC(C)C)cc1.Cc1ccc(OCC(C)C)cc1.Cc1ccc(OCCN2CCCCC2)cc1.Cc1ccc(OCCN2CCOCC2)cc1.Cc1ccc(Oc2ccccc2)cc1.Cc1ccn(CC(C)C)c(=O)c1. The molecule has 0 aliphatic carbocycles. The van der Waals surface area contributed by atoms with Gasteiger partial charge in [-0.2, -0.15) is 0 Å². The molecule has 2 aromatic heterocycles. The number of aryl methyl sites for hydroxylation is 11. The number of para-hydroxylation sites is 1. The molecule has 12 aromatic rings. The molecule has 0 unspecified atom stereocenters. The number of piperazine rings is 2. The summed E-state index contributed by atoms with van der Waals surface area (Å²) in [7, 11) is 3.80. The molecule has 4 aliphatic rings. The van der Waals surface area contributed by atoms with Crippen molar-refractivity contribution in [2.24, 2.45) is 11.8 Å². The summed E-state index contributed by atoms with van der Waals surface area (Å²) >= 11 is 0. The van der Waals surface area contributed by atoms with E-state index in [0.717, 1.165) is 156 Å². The van der Waals surface area contributed by atoms with Crippen LogP contribution in [0.4, 0.5) is 17.1 Å². The van der Waals surface area contributed by atoms with Crippen molar-refractivity contribution in [2.75, 3.05) is 154 Å². The van der Waals surface area contributed by atoms with Crippen molar-refractivity contribution in [3.05, 3.63) is 357 Å². The van der Waals surface area contributed by atoms with Gasteiger partial charge < -0.3 is 68.6 Å². The van der Waals surface area contributed by atoms with E-state index < -0.39 is 0 Å². The predicted molar refractivity (Wildman–Crippen MR) is 558 cm³/mol. The first-order valence-corrected chi connectivity index (χ1v) is 47.4. The molecule has 0 spiro atoms. The highest BCUT2D eigenvalue weighted by molar-refractivity contribution is 5.49. The number of piperidine rings is 1. The van der Waals surface area contributed by atoms with Gasteiger partial charge in [0.1, 0.15) is 53.5 Å². The molecule has 4 saturated heterocycles. The number of hydrogen-bond donors (Lipinski definition) is 3. The first kappa shape index (κ1) is 110. The molecule has 0 atom stereocenters. The molecule has 4 fully saturated rings. The first-order chi connectivity index (χ1) is 64.0. The molecule has 18 heteroatoms. The lowest BCUT2D eigenvalue weighted by molar-refractivity contribution is 0.0322. The summed E-state index contributed by atoms with van der Waals surface area (Å²) < 4.78 is 39.9. The average Bonchev–Trinajstić information content (AvgIpc) is 0.849. The number of benzene rings is 10. The summed E-state index contributed by atoms with van der Waals surface area (Å²) in [6.07, 6.45) is 8.00. The molecule has 16 rings (SSSR count). The fourth-order valence-electron chi connectivity index (χ4n) is 13.2. The standard InChI is InChI=1S/C14H21NO.C13H19NO2.C13H12O.C12H18N2.C11H16N2.C11H16O.C10H15NO.C10H14O.C7H9NO.C7H9N.C7H8O/c1-13-5-7-14(8-6-13)16-12-11-15-9-3-2-4-10-15;1-12-2-4-13(5-3-12)16-11-8-14-6-9-15-10-7-14;1-11-7-9-13(10-8-11)14-12-5-3-2-4-6-12;1-11-3-5-12(6-4-11)14-9-7-13(2)8-10-14;1-10-2-4-11(5-3-10)13-8-6-12-7-9-13;1-9(2)8-12-11-6-4-10(3)5-7-11;1-8(2)7-11-5-4-9(3)6-10(11)12;1-8(2)11-10-6-4-9(3)5-7-10;1-6-3-4-7(9-2)8-5-6;2*1-6-2-4-7(8)5-3-6/h5-8H,2-4,9-12H2,1H3;2-5H,6-11H2,1H3;2-10H,1H3;3-6H,7-10H2,1-2H3;2-5,12H,6-9H2,1H3;4-7,9H,8H2,1-3H3;4-6,8H,7H2,1-3H3;4-8H,1-3H3;3-5H,1-2H3;2-5H,8H2,1H3;2-5,8H,1H3. The Kier molecular flexibility index (Phi) is 52.9. The lowest BCUT2D eigenvalue weighted by Crippen LogP contribution is -2.44. The second kappa shape index (κ2) is 64.0. The molecular formula is C115H157N9O9. The van der Waals surface area contributed by atoms with Gasteiger partial charge in [-0.15, -0.1) is 0 Å². The van der Waals surface area contributed by atoms with Crippen LogP contribution in [-0.4, -0.2) is 174 Å². The molecule has 716 valence electrons. The van der Waals surface area contributed by atoms with Crippen LogP contribution >= 0.6 is 0 Å². The van der Waals surface area contributed by atoms with Crippen LogP contribution in [0.15, 0.2) is 290 Å². The summed E-state index contributed by atoms with van der Waals surface area (Å²) in [6, 6.07) is 90.5. The van der Waals surface area contributed by atoms with E-state index in [0.29, 0.717) is 23.5 Å². The zero-order valence-corrected chi connectivity index (χ0v) is 83.6. The maximum atomic E-state index is 11.3. The Bertz CT molecular complexity index is 4850. The van der Waals surface area contributed by atoms with E-state index in [9.17, 15) is 4.79 Å². The number of pyridine rings is 2. The number of anilines is 3. The van der Waals surface area contributed by atoms with Gasteiger partial charge in [-0.25, -0.2) is 4.98 Å². The van der Waals surface area contributed by atoms with Crippen molar-refractivity contribution in [1.82, 2.24) is 29.6 Å². The highest BCUT2D eigenvalue weighted by atomic mass is 16.5. The molecule has 4 aliphatic heterocycles.